The number of aliphatic carboxylic acids is 1. The highest BCUT2D eigenvalue weighted by Crippen LogP contribution is 2.17. The number of carboxylic acids is 1. The van der Waals surface area contributed by atoms with Crippen LogP contribution in [0.2, 0.25) is 0 Å². The standard InChI is InChI=1S/C9H8N2O3/c1-14-7-5-3-2-4-6(7)8(11-10)9(12)13/h2-5H,1H3,(H,12,13). The molecule has 0 amide bonds. The highest BCUT2D eigenvalue weighted by Gasteiger charge is 2.24. The van der Waals surface area contributed by atoms with Crippen LogP contribution in [0.4, 0.5) is 0 Å². The second kappa shape index (κ2) is 4.20. The topological polar surface area (TPSA) is 82.9 Å². The second-order valence-corrected chi connectivity index (χ2v) is 2.45. The summed E-state index contributed by atoms with van der Waals surface area (Å²) in [5.74, 6) is -0.959. The van der Waals surface area contributed by atoms with Gasteiger partial charge in [0.25, 0.3) is 0 Å². The maximum absolute atomic E-state index is 10.7. The van der Waals surface area contributed by atoms with E-state index in [4.69, 9.17) is 15.4 Å². The van der Waals surface area contributed by atoms with Gasteiger partial charge in [-0.25, -0.2) is 4.79 Å². The fraction of sp³-hybridized carbons (Fsp3) is 0.111. The summed E-state index contributed by atoms with van der Waals surface area (Å²) in [6, 6.07) is 6.41. The highest BCUT2D eigenvalue weighted by atomic mass is 16.5. The Morgan fingerprint density at radius 1 is 1.50 bits per heavy atom. The molecule has 0 unspecified atom stereocenters. The van der Waals surface area contributed by atoms with Gasteiger partial charge in [-0.3, -0.25) is 0 Å². The summed E-state index contributed by atoms with van der Waals surface area (Å²) in [6.07, 6.45) is 0. The maximum Gasteiger partial charge on any atom is 0.420 e. The van der Waals surface area contributed by atoms with Crippen molar-refractivity contribution in [3.63, 3.8) is 0 Å². The Morgan fingerprint density at radius 3 is 2.64 bits per heavy atom. The molecule has 1 aromatic rings. The average Bonchev–Trinajstić information content (AvgIpc) is 2.19. The lowest BCUT2D eigenvalue weighted by atomic mass is 10.1. The lowest BCUT2D eigenvalue weighted by Crippen LogP contribution is -2.16. The van der Waals surface area contributed by atoms with Crippen LogP contribution in [0.5, 0.6) is 5.75 Å². The maximum atomic E-state index is 10.7. The fourth-order valence-electron chi connectivity index (χ4n) is 1.05. The molecule has 0 bridgehead atoms. The van der Waals surface area contributed by atoms with Crippen LogP contribution in [0.1, 0.15) is 5.56 Å². The van der Waals surface area contributed by atoms with E-state index in [9.17, 15) is 4.79 Å². The Labute approximate surface area is 80.2 Å². The zero-order valence-corrected chi connectivity index (χ0v) is 7.47. The summed E-state index contributed by atoms with van der Waals surface area (Å²) in [7, 11) is 1.41. The van der Waals surface area contributed by atoms with Gasteiger partial charge in [0.2, 0.25) is 0 Å². The van der Waals surface area contributed by atoms with Crippen LogP contribution in [0, 0.1) is 0 Å². The summed E-state index contributed by atoms with van der Waals surface area (Å²) < 4.78 is 4.92. The van der Waals surface area contributed by atoms with E-state index in [-0.39, 0.29) is 5.56 Å². The molecular formula is C9H8N2O3. The predicted octanol–water partition coefficient (Wildman–Crippen LogP) is 0.799. The highest BCUT2D eigenvalue weighted by molar-refractivity contribution is 6.40. The van der Waals surface area contributed by atoms with Crippen LogP contribution in [-0.4, -0.2) is 28.7 Å². The Morgan fingerprint density at radius 2 is 2.14 bits per heavy atom. The van der Waals surface area contributed by atoms with Crippen molar-refractivity contribution in [3.8, 4) is 5.75 Å². The monoisotopic (exact) mass is 192 g/mol. The fourth-order valence-corrected chi connectivity index (χ4v) is 1.05. The number of carbonyl (C=O) groups is 1. The first-order valence-corrected chi connectivity index (χ1v) is 3.79. The zero-order chi connectivity index (χ0) is 10.6. The smallest absolute Gasteiger partial charge is 0.420 e. The molecule has 0 saturated carbocycles. The average molecular weight is 192 g/mol. The van der Waals surface area contributed by atoms with E-state index in [1.54, 1.807) is 18.2 Å². The third kappa shape index (κ3) is 1.78. The summed E-state index contributed by atoms with van der Waals surface area (Å²) in [6.45, 7) is 0. The molecular weight excluding hydrogens is 184 g/mol. The van der Waals surface area contributed by atoms with Crippen molar-refractivity contribution >= 4 is 11.7 Å². The van der Waals surface area contributed by atoms with Crippen LogP contribution in [0.3, 0.4) is 0 Å². The normalized spacial score (nSPS) is 8.93. The Hall–Kier alpha value is -2.13. The molecule has 0 spiro atoms. The zero-order valence-electron chi connectivity index (χ0n) is 7.47. The van der Waals surface area contributed by atoms with E-state index in [0.29, 0.717) is 5.75 Å². The molecule has 1 rings (SSSR count). The minimum absolute atomic E-state index is 0.241. The van der Waals surface area contributed by atoms with Crippen LogP contribution in [-0.2, 0) is 4.79 Å². The first-order chi connectivity index (χ1) is 6.70. The van der Waals surface area contributed by atoms with Gasteiger partial charge in [0.1, 0.15) is 11.3 Å². The summed E-state index contributed by atoms with van der Waals surface area (Å²) in [5.41, 5.74) is 8.32. The van der Waals surface area contributed by atoms with E-state index in [1.807, 2.05) is 0 Å². The van der Waals surface area contributed by atoms with Crippen LogP contribution < -0.4 is 4.74 Å². The third-order valence-electron chi connectivity index (χ3n) is 1.66. The van der Waals surface area contributed by atoms with Crippen molar-refractivity contribution in [1.29, 1.82) is 0 Å². The van der Waals surface area contributed by atoms with E-state index in [0.717, 1.165) is 0 Å². The second-order valence-electron chi connectivity index (χ2n) is 2.45. The van der Waals surface area contributed by atoms with Gasteiger partial charge in [0.15, 0.2) is 0 Å². The predicted molar refractivity (Wildman–Crippen MR) is 48.4 cm³/mol. The number of hydrogen-bond acceptors (Lipinski definition) is 2. The molecule has 0 atom stereocenters. The molecule has 0 saturated heterocycles. The van der Waals surface area contributed by atoms with Crippen molar-refractivity contribution in [2.75, 3.05) is 7.11 Å². The number of para-hydroxylation sites is 1. The number of rotatable bonds is 3. The number of ether oxygens (including phenoxy) is 1. The van der Waals surface area contributed by atoms with Gasteiger partial charge in [0, 0.05) is 0 Å². The number of benzene rings is 1. The summed E-state index contributed by atoms with van der Waals surface area (Å²) >= 11 is 0. The number of nitrogens with zero attached hydrogens (tertiary/aromatic N) is 2. The van der Waals surface area contributed by atoms with Crippen molar-refractivity contribution in [1.82, 2.24) is 0 Å². The van der Waals surface area contributed by atoms with Crippen molar-refractivity contribution in [3.05, 3.63) is 35.4 Å². The van der Waals surface area contributed by atoms with Crippen LogP contribution >= 0.6 is 0 Å². The largest absolute Gasteiger partial charge is 0.496 e. The van der Waals surface area contributed by atoms with Gasteiger partial charge in [-0.05, 0) is 12.1 Å². The van der Waals surface area contributed by atoms with Crippen molar-refractivity contribution in [2.45, 2.75) is 0 Å². The minimum Gasteiger partial charge on any atom is -0.496 e. The third-order valence-corrected chi connectivity index (χ3v) is 1.66. The lowest BCUT2D eigenvalue weighted by Gasteiger charge is -2.01. The Kier molecular flexibility index (Phi) is 2.99. The van der Waals surface area contributed by atoms with E-state index in [1.165, 1.54) is 13.2 Å². The minimum atomic E-state index is -1.31. The molecule has 0 aromatic heterocycles. The van der Waals surface area contributed by atoms with Crippen molar-refractivity contribution in [2.24, 2.45) is 0 Å². The molecule has 1 aromatic carbocycles. The molecule has 0 aliphatic carbocycles. The van der Waals surface area contributed by atoms with Gasteiger partial charge < -0.3 is 15.4 Å². The quantitative estimate of drug-likeness (QED) is 0.436. The van der Waals surface area contributed by atoms with Crippen LogP contribution in [0.25, 0.3) is 5.53 Å². The molecule has 72 valence electrons. The van der Waals surface area contributed by atoms with E-state index >= 15 is 0 Å². The summed E-state index contributed by atoms with van der Waals surface area (Å²) in [4.78, 5) is 13.4. The van der Waals surface area contributed by atoms with Gasteiger partial charge >= 0.3 is 11.7 Å². The molecule has 0 aliphatic heterocycles. The van der Waals surface area contributed by atoms with Gasteiger partial charge in [-0.2, -0.15) is 4.79 Å². The van der Waals surface area contributed by atoms with Crippen LogP contribution in [0.15, 0.2) is 24.3 Å². The van der Waals surface area contributed by atoms with Gasteiger partial charge in [-0.15, -0.1) is 0 Å². The number of hydrogen-bond donors (Lipinski definition) is 1. The van der Waals surface area contributed by atoms with Gasteiger partial charge in [-0.1, -0.05) is 12.1 Å². The Bertz CT molecular complexity index is 408. The van der Waals surface area contributed by atoms with Gasteiger partial charge in [0.05, 0.1) is 7.11 Å². The molecule has 5 nitrogen and oxygen atoms in total. The first kappa shape index (κ1) is 9.95. The summed E-state index contributed by atoms with van der Waals surface area (Å²) in [5, 5.41) is 8.70. The molecule has 1 N–H and O–H groups in total. The molecule has 0 heterocycles. The Balaban J connectivity index is 3.30. The molecule has 0 radical (unpaired) electrons. The van der Waals surface area contributed by atoms with Crippen molar-refractivity contribution < 1.29 is 19.4 Å². The molecule has 5 heteroatoms. The first-order valence-electron chi connectivity index (χ1n) is 3.79. The molecule has 14 heavy (non-hydrogen) atoms. The SMILES string of the molecule is COc1ccccc1C(=[N+]=[N-])C(=O)O. The van der Waals surface area contributed by atoms with E-state index < -0.39 is 11.7 Å². The van der Waals surface area contributed by atoms with E-state index in [2.05, 4.69) is 4.79 Å². The lowest BCUT2D eigenvalue weighted by molar-refractivity contribution is -0.133. The number of methoxy groups -OCH3 is 1. The molecule has 0 fully saturated rings. The molecule has 0 aliphatic rings. The number of carboxylic acid groups (broad SMARTS) is 1.